The van der Waals surface area contributed by atoms with Gasteiger partial charge >= 0.3 is 0 Å². The van der Waals surface area contributed by atoms with Gasteiger partial charge < -0.3 is 4.57 Å². The Balaban J connectivity index is 2.42. The molecule has 0 spiro atoms. The second-order valence-corrected chi connectivity index (χ2v) is 4.85. The summed E-state index contributed by atoms with van der Waals surface area (Å²) in [4.78, 5) is 12.0. The van der Waals surface area contributed by atoms with Crippen LogP contribution in [0.5, 0.6) is 0 Å². The zero-order chi connectivity index (χ0) is 13.4. The van der Waals surface area contributed by atoms with E-state index in [4.69, 9.17) is 11.6 Å². The third-order valence-corrected chi connectivity index (χ3v) is 3.46. The van der Waals surface area contributed by atoms with Gasteiger partial charge in [-0.25, -0.2) is 0 Å². The van der Waals surface area contributed by atoms with Gasteiger partial charge in [-0.2, -0.15) is 0 Å². The molecule has 2 aromatic carbocycles. The van der Waals surface area contributed by atoms with Crippen molar-refractivity contribution < 1.29 is 0 Å². The van der Waals surface area contributed by atoms with E-state index in [2.05, 4.69) is 6.07 Å². The van der Waals surface area contributed by atoms with Crippen LogP contribution in [0.15, 0.2) is 53.3 Å². The molecule has 0 aliphatic rings. The van der Waals surface area contributed by atoms with Crippen LogP contribution in [0.2, 0.25) is 5.02 Å². The lowest BCUT2D eigenvalue weighted by Crippen LogP contribution is -2.16. The number of aryl methyl sites for hydroxylation is 1. The molecule has 0 amide bonds. The van der Waals surface area contributed by atoms with Crippen molar-refractivity contribution >= 4 is 22.5 Å². The highest BCUT2D eigenvalue weighted by atomic mass is 35.5. The molecule has 93 valence electrons. The molecule has 2 nitrogen and oxygen atoms in total. The van der Waals surface area contributed by atoms with Crippen molar-refractivity contribution in [2.24, 2.45) is 7.05 Å². The number of fused-ring (bicyclic) bond motifs is 1. The normalized spacial score (nSPS) is 10.8. The van der Waals surface area contributed by atoms with Crippen LogP contribution in [0.3, 0.4) is 0 Å². The summed E-state index contributed by atoms with van der Waals surface area (Å²) in [6, 6.07) is 17.8. The van der Waals surface area contributed by atoms with Gasteiger partial charge in [0.05, 0.1) is 5.52 Å². The molecule has 3 rings (SSSR count). The minimum absolute atomic E-state index is 0.0336. The Morgan fingerprint density at radius 3 is 2.84 bits per heavy atom. The third kappa shape index (κ3) is 2.04. The number of aromatic nitrogens is 1. The summed E-state index contributed by atoms with van der Waals surface area (Å²) in [5, 5.41) is 1.65. The Bertz CT molecular complexity index is 820. The maximum Gasteiger partial charge on any atom is 0.251 e. The molecule has 0 aliphatic carbocycles. The lowest BCUT2D eigenvalue weighted by atomic mass is 10.0. The molecule has 1 radical (unpaired) electrons. The maximum atomic E-state index is 12.0. The van der Waals surface area contributed by atoms with E-state index in [-0.39, 0.29) is 5.56 Å². The summed E-state index contributed by atoms with van der Waals surface area (Å²) in [5.74, 6) is 0. The largest absolute Gasteiger partial charge is 0.311 e. The Labute approximate surface area is 115 Å². The summed E-state index contributed by atoms with van der Waals surface area (Å²) in [7, 11) is 1.77. The van der Waals surface area contributed by atoms with E-state index in [0.717, 1.165) is 22.0 Å². The first-order chi connectivity index (χ1) is 9.16. The summed E-state index contributed by atoms with van der Waals surface area (Å²) in [6.07, 6.45) is 0. The number of nitrogens with zero attached hydrogens (tertiary/aromatic N) is 1. The first kappa shape index (κ1) is 12.0. The lowest BCUT2D eigenvalue weighted by molar-refractivity contribution is 0.907. The molecule has 3 aromatic rings. The summed E-state index contributed by atoms with van der Waals surface area (Å²) < 4.78 is 1.64. The molecule has 0 N–H and O–H groups in total. The highest BCUT2D eigenvalue weighted by molar-refractivity contribution is 6.30. The highest BCUT2D eigenvalue weighted by Gasteiger charge is 2.08. The Morgan fingerprint density at radius 2 is 2.05 bits per heavy atom. The van der Waals surface area contributed by atoms with Crippen molar-refractivity contribution in [2.45, 2.75) is 0 Å². The first-order valence-electron chi connectivity index (χ1n) is 5.92. The molecular formula is C16H11ClNO. The van der Waals surface area contributed by atoms with Crippen molar-refractivity contribution in [1.29, 1.82) is 0 Å². The first-order valence-corrected chi connectivity index (χ1v) is 6.30. The van der Waals surface area contributed by atoms with Crippen LogP contribution in [0, 0.1) is 6.07 Å². The number of hydrogen-bond donors (Lipinski definition) is 0. The minimum atomic E-state index is -0.0336. The predicted octanol–water partition coefficient (Wildman–Crippen LogP) is 3.66. The van der Waals surface area contributed by atoms with Gasteiger partial charge in [0, 0.05) is 23.5 Å². The smallest absolute Gasteiger partial charge is 0.251 e. The minimum Gasteiger partial charge on any atom is -0.311 e. The molecule has 1 heterocycles. The van der Waals surface area contributed by atoms with Gasteiger partial charge in [-0.15, -0.1) is 0 Å². The third-order valence-electron chi connectivity index (χ3n) is 3.23. The average Bonchev–Trinajstić information content (AvgIpc) is 2.43. The Morgan fingerprint density at radius 1 is 1.21 bits per heavy atom. The van der Waals surface area contributed by atoms with E-state index < -0.39 is 0 Å². The van der Waals surface area contributed by atoms with E-state index in [1.807, 2.05) is 42.5 Å². The zero-order valence-corrected chi connectivity index (χ0v) is 11.1. The van der Waals surface area contributed by atoms with E-state index in [0.29, 0.717) is 5.02 Å². The topological polar surface area (TPSA) is 22.0 Å². The van der Waals surface area contributed by atoms with Gasteiger partial charge in [0.15, 0.2) is 0 Å². The predicted molar refractivity (Wildman–Crippen MR) is 78.5 cm³/mol. The second-order valence-electron chi connectivity index (χ2n) is 4.41. The van der Waals surface area contributed by atoms with Crippen LogP contribution >= 0.6 is 11.6 Å². The van der Waals surface area contributed by atoms with Gasteiger partial charge in [0.25, 0.3) is 5.56 Å². The molecule has 0 saturated heterocycles. The van der Waals surface area contributed by atoms with Crippen molar-refractivity contribution in [1.82, 2.24) is 4.57 Å². The van der Waals surface area contributed by atoms with E-state index in [9.17, 15) is 4.79 Å². The molecular weight excluding hydrogens is 258 g/mol. The van der Waals surface area contributed by atoms with Crippen LogP contribution < -0.4 is 5.56 Å². The number of halogens is 1. The summed E-state index contributed by atoms with van der Waals surface area (Å²) >= 11 is 6.03. The SMILES string of the molecule is Cn1c(=O)cc(-c2cccc(Cl)c2)c2c[c]ccc21. The highest BCUT2D eigenvalue weighted by Crippen LogP contribution is 2.28. The number of rotatable bonds is 1. The molecule has 0 saturated carbocycles. The standard InChI is InChI=1S/C16H11ClNO/c1-18-15-8-3-2-7-13(15)14(10-16(18)19)11-5-4-6-12(17)9-11/h3-10H,1H3. The van der Waals surface area contributed by atoms with Crippen molar-refractivity contribution in [3.63, 3.8) is 0 Å². The monoisotopic (exact) mass is 268 g/mol. The van der Waals surface area contributed by atoms with Crippen molar-refractivity contribution in [3.8, 4) is 11.1 Å². The van der Waals surface area contributed by atoms with Gasteiger partial charge in [-0.1, -0.05) is 29.8 Å². The lowest BCUT2D eigenvalue weighted by Gasteiger charge is -2.10. The maximum absolute atomic E-state index is 12.0. The van der Waals surface area contributed by atoms with Crippen molar-refractivity contribution in [3.05, 3.63) is 70.0 Å². The average molecular weight is 269 g/mol. The van der Waals surface area contributed by atoms with Crippen LogP contribution in [0.25, 0.3) is 22.0 Å². The molecule has 1 aromatic heterocycles. The van der Waals surface area contributed by atoms with Crippen LogP contribution in [-0.2, 0) is 7.05 Å². The molecule has 0 bridgehead atoms. The van der Waals surface area contributed by atoms with Crippen LogP contribution in [-0.4, -0.2) is 4.57 Å². The fourth-order valence-electron chi connectivity index (χ4n) is 2.24. The molecule has 0 fully saturated rings. The van der Waals surface area contributed by atoms with Gasteiger partial charge in [0.2, 0.25) is 0 Å². The quantitative estimate of drug-likeness (QED) is 0.660. The van der Waals surface area contributed by atoms with E-state index in [1.165, 1.54) is 0 Å². The van der Waals surface area contributed by atoms with Gasteiger partial charge in [0.1, 0.15) is 0 Å². The van der Waals surface area contributed by atoms with Gasteiger partial charge in [-0.3, -0.25) is 4.79 Å². The van der Waals surface area contributed by atoms with Crippen LogP contribution in [0.1, 0.15) is 0 Å². The second kappa shape index (κ2) is 4.56. The zero-order valence-electron chi connectivity index (χ0n) is 10.4. The summed E-state index contributed by atoms with van der Waals surface area (Å²) in [6.45, 7) is 0. The van der Waals surface area contributed by atoms with Crippen LogP contribution in [0.4, 0.5) is 0 Å². The number of pyridine rings is 1. The Hall–Kier alpha value is -2.06. The fraction of sp³-hybridized carbons (Fsp3) is 0.0625. The number of benzene rings is 2. The molecule has 0 aliphatic heterocycles. The molecule has 0 unspecified atom stereocenters. The number of hydrogen-bond acceptors (Lipinski definition) is 1. The summed E-state index contributed by atoms with van der Waals surface area (Å²) in [5.41, 5.74) is 2.68. The van der Waals surface area contributed by atoms with E-state index in [1.54, 1.807) is 17.7 Å². The Kier molecular flexibility index (Phi) is 2.88. The van der Waals surface area contributed by atoms with Crippen molar-refractivity contribution in [2.75, 3.05) is 0 Å². The molecule has 3 heteroatoms. The van der Waals surface area contributed by atoms with Gasteiger partial charge in [-0.05, 0) is 41.5 Å². The van der Waals surface area contributed by atoms with E-state index >= 15 is 0 Å². The molecule has 19 heavy (non-hydrogen) atoms. The fourth-order valence-corrected chi connectivity index (χ4v) is 2.43. The molecule has 0 atom stereocenters.